The molecule has 0 unspecified atom stereocenters. The molecule has 0 aliphatic rings. The molecular weight excluding hydrogens is 405 g/mol. The second-order valence-corrected chi connectivity index (χ2v) is 8.29. The lowest BCUT2D eigenvalue weighted by atomic mass is 10.2. The van der Waals surface area contributed by atoms with Gasteiger partial charge in [0.1, 0.15) is 10.6 Å². The lowest BCUT2D eigenvalue weighted by Gasteiger charge is -2.12. The number of nitrogens with one attached hydrogen (secondary N) is 1. The van der Waals surface area contributed by atoms with Gasteiger partial charge in [-0.05, 0) is 35.9 Å². The summed E-state index contributed by atoms with van der Waals surface area (Å²) in [7, 11) is -3.87. The van der Waals surface area contributed by atoms with E-state index in [0.717, 1.165) is 6.42 Å². The summed E-state index contributed by atoms with van der Waals surface area (Å²) in [5.41, 5.74) is 1.55. The van der Waals surface area contributed by atoms with Gasteiger partial charge in [-0.2, -0.15) is 0 Å². The van der Waals surface area contributed by atoms with Crippen LogP contribution in [0.4, 0.5) is 5.69 Å². The molecule has 0 atom stereocenters. The van der Waals surface area contributed by atoms with E-state index in [-0.39, 0.29) is 14.9 Å². The van der Waals surface area contributed by atoms with Crippen LogP contribution in [0.5, 0.6) is 5.75 Å². The quantitative estimate of drug-likeness (QED) is 0.554. The molecule has 0 saturated heterocycles. The van der Waals surface area contributed by atoms with Gasteiger partial charge in [0.2, 0.25) is 0 Å². The summed E-state index contributed by atoms with van der Waals surface area (Å²) in [4.78, 5) is -0.0768. The van der Waals surface area contributed by atoms with Crippen LogP contribution in [0.25, 0.3) is 0 Å². The fourth-order valence-electron chi connectivity index (χ4n) is 2.47. The van der Waals surface area contributed by atoms with Gasteiger partial charge in [0.05, 0.1) is 17.3 Å². The number of benzene rings is 3. The first-order valence-electron chi connectivity index (χ1n) is 8.19. The Bertz CT molecular complexity index is 1020. The molecule has 0 amide bonds. The molecule has 0 heterocycles. The van der Waals surface area contributed by atoms with E-state index in [9.17, 15) is 8.42 Å². The number of hydrogen-bond acceptors (Lipinski definition) is 3. The predicted octanol–water partition coefficient (Wildman–Crippen LogP) is 5.42. The second kappa shape index (κ2) is 8.65. The van der Waals surface area contributed by atoms with Crippen LogP contribution in [0.3, 0.4) is 0 Å². The Hall–Kier alpha value is -2.21. The Morgan fingerprint density at radius 1 is 0.889 bits per heavy atom. The van der Waals surface area contributed by atoms with Crippen LogP contribution in [0, 0.1) is 0 Å². The zero-order chi connectivity index (χ0) is 19.3. The van der Waals surface area contributed by atoms with Crippen molar-refractivity contribution in [3.8, 4) is 5.75 Å². The molecule has 0 aromatic heterocycles. The molecule has 3 rings (SSSR count). The molecule has 0 saturated carbocycles. The maximum Gasteiger partial charge on any atom is 0.263 e. The fraction of sp³-hybridized carbons (Fsp3) is 0.100. The SMILES string of the molecule is O=S(=O)(Nc1cccc(OCCc2ccccc2)c1)c1cc(Cl)ccc1Cl. The van der Waals surface area contributed by atoms with E-state index < -0.39 is 10.0 Å². The third-order valence-electron chi connectivity index (χ3n) is 3.77. The van der Waals surface area contributed by atoms with Gasteiger partial charge >= 0.3 is 0 Å². The second-order valence-electron chi connectivity index (χ2n) is 5.79. The van der Waals surface area contributed by atoms with E-state index in [2.05, 4.69) is 4.72 Å². The molecule has 1 N–H and O–H groups in total. The Morgan fingerprint density at radius 2 is 1.67 bits per heavy atom. The standard InChI is InChI=1S/C20H17Cl2NO3S/c21-16-9-10-19(22)20(13-16)27(24,25)23-17-7-4-8-18(14-17)26-12-11-15-5-2-1-3-6-15/h1-10,13-14,23H,11-12H2. The van der Waals surface area contributed by atoms with Crippen molar-refractivity contribution < 1.29 is 13.2 Å². The Kier molecular flexibility index (Phi) is 6.26. The van der Waals surface area contributed by atoms with Crippen molar-refractivity contribution in [3.63, 3.8) is 0 Å². The van der Waals surface area contributed by atoms with E-state index >= 15 is 0 Å². The highest BCUT2D eigenvalue weighted by Crippen LogP contribution is 2.27. The average molecular weight is 422 g/mol. The minimum absolute atomic E-state index is 0.0768. The summed E-state index contributed by atoms with van der Waals surface area (Å²) >= 11 is 11.9. The van der Waals surface area contributed by atoms with Crippen LogP contribution < -0.4 is 9.46 Å². The van der Waals surface area contributed by atoms with Gasteiger partial charge in [0.15, 0.2) is 0 Å². The van der Waals surface area contributed by atoms with E-state index in [1.54, 1.807) is 24.3 Å². The van der Waals surface area contributed by atoms with Gasteiger partial charge in [-0.1, -0.05) is 59.6 Å². The number of anilines is 1. The van der Waals surface area contributed by atoms with Gasteiger partial charge in [-0.25, -0.2) is 8.42 Å². The van der Waals surface area contributed by atoms with Gasteiger partial charge in [0.25, 0.3) is 10.0 Å². The molecule has 27 heavy (non-hydrogen) atoms. The van der Waals surface area contributed by atoms with Crippen LogP contribution >= 0.6 is 23.2 Å². The zero-order valence-corrected chi connectivity index (χ0v) is 16.6. The number of sulfonamides is 1. The summed E-state index contributed by atoms with van der Waals surface area (Å²) in [6, 6.07) is 21.0. The van der Waals surface area contributed by atoms with Crippen molar-refractivity contribution in [1.82, 2.24) is 0 Å². The highest BCUT2D eigenvalue weighted by Gasteiger charge is 2.18. The van der Waals surface area contributed by atoms with Crippen molar-refractivity contribution in [3.05, 3.63) is 88.4 Å². The lowest BCUT2D eigenvalue weighted by molar-refractivity contribution is 0.322. The number of rotatable bonds is 7. The molecule has 0 spiro atoms. The Morgan fingerprint density at radius 3 is 2.44 bits per heavy atom. The van der Waals surface area contributed by atoms with E-state index in [1.165, 1.54) is 23.8 Å². The summed E-state index contributed by atoms with van der Waals surface area (Å²) < 4.78 is 33.4. The molecule has 3 aromatic rings. The summed E-state index contributed by atoms with van der Waals surface area (Å²) in [5, 5.41) is 0.389. The molecule has 140 valence electrons. The number of ether oxygens (including phenoxy) is 1. The molecule has 0 radical (unpaired) electrons. The first-order chi connectivity index (χ1) is 12.9. The van der Waals surface area contributed by atoms with Crippen molar-refractivity contribution in [2.75, 3.05) is 11.3 Å². The summed E-state index contributed by atoms with van der Waals surface area (Å²) in [6.45, 7) is 0.486. The van der Waals surface area contributed by atoms with Crippen LogP contribution in [0.1, 0.15) is 5.56 Å². The van der Waals surface area contributed by atoms with Crippen LogP contribution in [-0.2, 0) is 16.4 Å². The third kappa shape index (κ3) is 5.39. The van der Waals surface area contributed by atoms with Crippen molar-refractivity contribution >= 4 is 38.9 Å². The van der Waals surface area contributed by atoms with Gasteiger partial charge < -0.3 is 4.74 Å². The monoisotopic (exact) mass is 421 g/mol. The van der Waals surface area contributed by atoms with Crippen molar-refractivity contribution in [1.29, 1.82) is 0 Å². The van der Waals surface area contributed by atoms with Crippen molar-refractivity contribution in [2.45, 2.75) is 11.3 Å². The van der Waals surface area contributed by atoms with E-state index in [0.29, 0.717) is 18.0 Å². The van der Waals surface area contributed by atoms with Gasteiger partial charge in [-0.3, -0.25) is 4.72 Å². The maximum absolute atomic E-state index is 12.6. The Labute approximate surface area is 168 Å². The van der Waals surface area contributed by atoms with Crippen LogP contribution in [0.15, 0.2) is 77.7 Å². The highest BCUT2D eigenvalue weighted by molar-refractivity contribution is 7.92. The summed E-state index contributed by atoms with van der Waals surface area (Å²) in [6.07, 6.45) is 0.759. The molecule has 0 bridgehead atoms. The lowest BCUT2D eigenvalue weighted by Crippen LogP contribution is -2.13. The first-order valence-corrected chi connectivity index (χ1v) is 10.4. The normalized spacial score (nSPS) is 11.2. The van der Waals surface area contributed by atoms with E-state index in [1.807, 2.05) is 30.3 Å². The van der Waals surface area contributed by atoms with Gasteiger partial charge in [0, 0.05) is 17.5 Å². The van der Waals surface area contributed by atoms with Crippen LogP contribution in [-0.4, -0.2) is 15.0 Å². The number of halogens is 2. The maximum atomic E-state index is 12.6. The molecule has 0 aliphatic carbocycles. The molecule has 0 aliphatic heterocycles. The number of hydrogen-bond donors (Lipinski definition) is 1. The third-order valence-corrected chi connectivity index (χ3v) is 5.87. The molecular formula is C20H17Cl2NO3S. The van der Waals surface area contributed by atoms with E-state index in [4.69, 9.17) is 27.9 Å². The minimum Gasteiger partial charge on any atom is -0.493 e. The smallest absolute Gasteiger partial charge is 0.263 e. The molecule has 0 fully saturated rings. The average Bonchev–Trinajstić information content (AvgIpc) is 2.64. The highest BCUT2D eigenvalue weighted by atomic mass is 35.5. The largest absolute Gasteiger partial charge is 0.493 e. The fourth-order valence-corrected chi connectivity index (χ4v) is 4.29. The van der Waals surface area contributed by atoms with Crippen molar-refractivity contribution in [2.24, 2.45) is 0 Å². The zero-order valence-electron chi connectivity index (χ0n) is 14.2. The minimum atomic E-state index is -3.87. The van der Waals surface area contributed by atoms with Crippen LogP contribution in [0.2, 0.25) is 10.0 Å². The molecule has 3 aromatic carbocycles. The predicted molar refractivity (Wildman–Crippen MR) is 109 cm³/mol. The molecule has 4 nitrogen and oxygen atoms in total. The van der Waals surface area contributed by atoms with Gasteiger partial charge in [-0.15, -0.1) is 0 Å². The Balaban J connectivity index is 1.69. The molecule has 7 heteroatoms. The topological polar surface area (TPSA) is 55.4 Å². The first kappa shape index (κ1) is 19.5. The summed E-state index contributed by atoms with van der Waals surface area (Å²) in [5.74, 6) is 0.573.